The number of hydrogen-bond donors (Lipinski definition) is 2. The van der Waals surface area contributed by atoms with Gasteiger partial charge in [-0.05, 0) is 89.1 Å². The Kier molecular flexibility index (Phi) is 12.7. The van der Waals surface area contributed by atoms with E-state index >= 15 is 0 Å². The van der Waals surface area contributed by atoms with Gasteiger partial charge in [0.2, 0.25) is 0 Å². The second-order valence-electron chi connectivity index (χ2n) is 15.5. The van der Waals surface area contributed by atoms with E-state index in [9.17, 15) is 10.2 Å². The van der Waals surface area contributed by atoms with E-state index in [1.807, 2.05) is 0 Å². The molecule has 0 saturated carbocycles. The van der Waals surface area contributed by atoms with Crippen LogP contribution in [0.2, 0.25) is 0 Å². The molecule has 2 heterocycles. The zero-order valence-electron chi connectivity index (χ0n) is 33.5. The van der Waals surface area contributed by atoms with Gasteiger partial charge in [-0.3, -0.25) is 9.80 Å². The Labute approximate surface area is 352 Å². The molecule has 0 aliphatic rings. The Morgan fingerprint density at radius 3 is 1.16 bits per heavy atom. The predicted molar refractivity (Wildman–Crippen MR) is 237 cm³/mol. The summed E-state index contributed by atoms with van der Waals surface area (Å²) in [5.41, 5.74) is 9.70. The minimum atomic E-state index is -0.556. The number of aryl methyl sites for hydroxylation is 2. The van der Waals surface area contributed by atoms with Crippen LogP contribution in [0.25, 0.3) is 55.0 Å². The average molecular weight is 834 g/mol. The summed E-state index contributed by atoms with van der Waals surface area (Å²) in [6.07, 6.45) is 0. The molecule has 0 radical (unpaired) electrons. The molecule has 292 valence electrons. The molecule has 0 spiro atoms. The first kappa shape index (κ1) is 40.9. The van der Waals surface area contributed by atoms with Gasteiger partial charge in [0.05, 0.1) is 33.4 Å². The molecule has 8 aromatic rings. The predicted octanol–water partition coefficient (Wildman–Crippen LogP) is 12.4. The fraction of sp³-hybridized carbons (Fsp3) is 0.250. The Morgan fingerprint density at radius 1 is 0.526 bits per heavy atom. The van der Waals surface area contributed by atoms with Gasteiger partial charge < -0.3 is 19.3 Å². The molecule has 0 atom stereocenters. The second kappa shape index (κ2) is 17.7. The van der Waals surface area contributed by atoms with E-state index in [0.29, 0.717) is 25.2 Å². The minimum absolute atomic E-state index is 0.279. The molecule has 57 heavy (non-hydrogen) atoms. The molecule has 0 bridgehead atoms. The first-order valence-electron chi connectivity index (χ1n) is 19.6. The molecule has 0 aliphatic heterocycles. The van der Waals surface area contributed by atoms with Crippen molar-refractivity contribution in [3.05, 3.63) is 144 Å². The van der Waals surface area contributed by atoms with E-state index in [1.165, 1.54) is 0 Å². The SMILES string of the molecule is Cc1cc(CN(CCN(C(C)C)C(C)C)Cc2cc(C)cc(-n3c4ccccc4c4ccccc43)c2O)c(O)c(-n2c3ccccc3c3ccccc32)c1.[Cl][Ti][Cl]. The van der Waals surface area contributed by atoms with Gasteiger partial charge >= 0.3 is 35.6 Å². The normalized spacial score (nSPS) is 11.9. The van der Waals surface area contributed by atoms with Gasteiger partial charge in [0.1, 0.15) is 11.5 Å². The number of fused-ring (bicyclic) bond motifs is 6. The van der Waals surface area contributed by atoms with Gasteiger partial charge in [0.25, 0.3) is 0 Å². The number of benzene rings is 6. The van der Waals surface area contributed by atoms with E-state index < -0.39 is 17.0 Å². The molecule has 2 N–H and O–H groups in total. The van der Waals surface area contributed by atoms with E-state index in [1.54, 1.807) is 0 Å². The molecule has 8 rings (SSSR count). The number of aromatic nitrogens is 2. The van der Waals surface area contributed by atoms with Crippen molar-refractivity contribution in [3.63, 3.8) is 0 Å². The van der Waals surface area contributed by atoms with Crippen molar-refractivity contribution < 1.29 is 27.2 Å². The van der Waals surface area contributed by atoms with Gasteiger partial charge in [0.15, 0.2) is 0 Å². The molecule has 0 aliphatic carbocycles. The van der Waals surface area contributed by atoms with Crippen LogP contribution >= 0.6 is 18.6 Å². The third-order valence-corrected chi connectivity index (χ3v) is 11.1. The topological polar surface area (TPSA) is 56.8 Å². The molecular formula is C48H50Cl2N4O2Ti. The van der Waals surface area contributed by atoms with Crippen molar-refractivity contribution in [1.29, 1.82) is 0 Å². The van der Waals surface area contributed by atoms with Crippen LogP contribution in [0.4, 0.5) is 0 Å². The maximum atomic E-state index is 12.2. The fourth-order valence-corrected chi connectivity index (χ4v) is 8.68. The summed E-state index contributed by atoms with van der Waals surface area (Å²) >= 11 is -0.556. The Balaban J connectivity index is 0.00000160. The van der Waals surface area contributed by atoms with E-state index in [0.717, 1.165) is 90.3 Å². The van der Waals surface area contributed by atoms with Crippen molar-refractivity contribution in [3.8, 4) is 22.9 Å². The van der Waals surface area contributed by atoms with Gasteiger partial charge in [-0.2, -0.15) is 0 Å². The van der Waals surface area contributed by atoms with Crippen molar-refractivity contribution in [1.82, 2.24) is 18.9 Å². The van der Waals surface area contributed by atoms with Crippen molar-refractivity contribution in [2.24, 2.45) is 0 Å². The van der Waals surface area contributed by atoms with E-state index in [2.05, 4.69) is 182 Å². The van der Waals surface area contributed by atoms with Gasteiger partial charge in [0, 0.05) is 70.9 Å². The number of phenols is 2. The van der Waals surface area contributed by atoms with Crippen LogP contribution < -0.4 is 0 Å². The summed E-state index contributed by atoms with van der Waals surface area (Å²) in [5.74, 6) is 0.558. The number of aromatic hydroxyl groups is 2. The first-order valence-corrected chi connectivity index (χ1v) is 23.9. The number of halogens is 2. The van der Waals surface area contributed by atoms with Gasteiger partial charge in [-0.1, -0.05) is 84.9 Å². The zero-order chi connectivity index (χ0) is 40.4. The number of phenolic OH excluding ortho intramolecular Hbond substituents is 2. The van der Waals surface area contributed by atoms with Crippen LogP contribution in [0.3, 0.4) is 0 Å². The molecule has 2 aromatic heterocycles. The summed E-state index contributed by atoms with van der Waals surface area (Å²) in [4.78, 5) is 4.89. The van der Waals surface area contributed by atoms with Crippen LogP contribution in [0.1, 0.15) is 49.9 Å². The summed E-state index contributed by atoms with van der Waals surface area (Å²) < 4.78 is 4.40. The van der Waals surface area contributed by atoms with E-state index in [4.69, 9.17) is 18.6 Å². The van der Waals surface area contributed by atoms with Crippen molar-refractivity contribution in [2.45, 2.75) is 66.7 Å². The molecule has 6 aromatic carbocycles. The number of hydrogen-bond acceptors (Lipinski definition) is 4. The Hall–Kier alpha value is -4.27. The maximum absolute atomic E-state index is 12.2. The molecule has 0 unspecified atom stereocenters. The van der Waals surface area contributed by atoms with Crippen molar-refractivity contribution >= 4 is 62.2 Å². The quantitative estimate of drug-likeness (QED) is 0.127. The van der Waals surface area contributed by atoms with Crippen LogP contribution in [-0.4, -0.2) is 54.3 Å². The summed E-state index contributed by atoms with van der Waals surface area (Å²) in [6.45, 7) is 15.8. The third-order valence-electron chi connectivity index (χ3n) is 11.1. The molecule has 9 heteroatoms. The van der Waals surface area contributed by atoms with E-state index in [-0.39, 0.29) is 11.5 Å². The standard InChI is InChI=1S/C48H50N4O2.2ClH.Ti/c1-31(2)50(32(3)4)24-23-49(29-35-25-33(5)27-45(47(35)53)51-41-19-11-7-15-37(41)38-16-8-12-20-42(38)51)30-36-26-34(6)28-46(48(36)54)52-43-21-13-9-17-39(43)40-18-10-14-22-44(40)52;;;/h7-22,25-28,31-32,53-54H,23-24,29-30H2,1-6H3;2*1H;/q;;;+2/p-2. The Bertz CT molecular complexity index is 2400. The van der Waals surface area contributed by atoms with Crippen molar-refractivity contribution in [2.75, 3.05) is 13.1 Å². The monoisotopic (exact) mass is 832 g/mol. The van der Waals surface area contributed by atoms with Crippen LogP contribution in [0.5, 0.6) is 11.5 Å². The first-order chi connectivity index (χ1) is 27.5. The summed E-state index contributed by atoms with van der Waals surface area (Å²) in [5, 5.41) is 29.1. The number of rotatable bonds is 11. The molecule has 0 saturated heterocycles. The van der Waals surface area contributed by atoms with Crippen LogP contribution in [-0.2, 0) is 30.1 Å². The number of nitrogens with zero attached hydrogens (tertiary/aromatic N) is 4. The molecular weight excluding hydrogens is 783 g/mol. The van der Waals surface area contributed by atoms with Gasteiger partial charge in [-0.25, -0.2) is 0 Å². The molecule has 0 amide bonds. The third kappa shape index (κ3) is 8.22. The van der Waals surface area contributed by atoms with Gasteiger partial charge in [-0.15, -0.1) is 0 Å². The second-order valence-corrected chi connectivity index (χ2v) is 18.1. The van der Waals surface area contributed by atoms with Crippen LogP contribution in [0, 0.1) is 13.8 Å². The fourth-order valence-electron chi connectivity index (χ4n) is 8.68. The molecule has 0 fully saturated rings. The summed E-state index contributed by atoms with van der Waals surface area (Å²) in [6, 6.07) is 42.8. The van der Waals surface area contributed by atoms with Crippen LogP contribution in [0.15, 0.2) is 121 Å². The average Bonchev–Trinajstić information content (AvgIpc) is 3.70. The Morgan fingerprint density at radius 2 is 0.842 bits per heavy atom. The summed E-state index contributed by atoms with van der Waals surface area (Å²) in [7, 11) is 9.78. The molecule has 6 nitrogen and oxygen atoms in total. The number of para-hydroxylation sites is 4. The zero-order valence-corrected chi connectivity index (χ0v) is 36.5.